The van der Waals surface area contributed by atoms with E-state index in [0.29, 0.717) is 11.5 Å². The Bertz CT molecular complexity index is 234. The van der Waals surface area contributed by atoms with Gasteiger partial charge in [0.15, 0.2) is 0 Å². The van der Waals surface area contributed by atoms with Crippen LogP contribution in [0, 0.1) is 11.3 Å². The summed E-state index contributed by atoms with van der Waals surface area (Å²) in [6.07, 6.45) is 8.35. The first-order chi connectivity index (χ1) is 8.93. The lowest BCUT2D eigenvalue weighted by Crippen LogP contribution is -2.36. The molecular formula is C17H35NS. The first-order valence-electron chi connectivity index (χ1n) is 8.27. The molecular weight excluding hydrogens is 250 g/mol. The molecule has 114 valence electrons. The fourth-order valence-electron chi connectivity index (χ4n) is 3.22. The maximum atomic E-state index is 3.88. The van der Waals surface area contributed by atoms with Crippen LogP contribution in [-0.4, -0.2) is 23.6 Å². The summed E-state index contributed by atoms with van der Waals surface area (Å²) >= 11 is 2.07. The second-order valence-corrected chi connectivity index (χ2v) is 8.72. The lowest BCUT2D eigenvalue weighted by atomic mass is 9.76. The molecule has 1 aliphatic carbocycles. The molecule has 1 aliphatic rings. The zero-order valence-electron chi connectivity index (χ0n) is 13.8. The van der Waals surface area contributed by atoms with Gasteiger partial charge in [0, 0.05) is 12.1 Å². The summed E-state index contributed by atoms with van der Waals surface area (Å²) in [5, 5.41) is 3.88. The second kappa shape index (κ2) is 8.56. The fourth-order valence-corrected chi connectivity index (χ4v) is 4.03. The average Bonchev–Trinajstić information content (AvgIpc) is 2.54. The van der Waals surface area contributed by atoms with Crippen LogP contribution in [0.2, 0.25) is 0 Å². The van der Waals surface area contributed by atoms with E-state index in [-0.39, 0.29) is 0 Å². The normalized spacial score (nSPS) is 27.0. The van der Waals surface area contributed by atoms with Crippen molar-refractivity contribution in [1.29, 1.82) is 0 Å². The molecule has 3 atom stereocenters. The van der Waals surface area contributed by atoms with Crippen LogP contribution in [0.4, 0.5) is 0 Å². The predicted molar refractivity (Wildman–Crippen MR) is 90.0 cm³/mol. The van der Waals surface area contributed by atoms with Crippen LogP contribution >= 0.6 is 11.8 Å². The van der Waals surface area contributed by atoms with E-state index in [1.807, 2.05) is 0 Å². The third kappa shape index (κ3) is 7.04. The Balaban J connectivity index is 2.29. The smallest absolute Gasteiger partial charge is 0.00696 e. The van der Waals surface area contributed by atoms with Gasteiger partial charge in [0.1, 0.15) is 0 Å². The van der Waals surface area contributed by atoms with Gasteiger partial charge in [0.25, 0.3) is 0 Å². The number of hydrogen-bond acceptors (Lipinski definition) is 2. The van der Waals surface area contributed by atoms with Crippen molar-refractivity contribution in [2.24, 2.45) is 11.3 Å². The van der Waals surface area contributed by atoms with Gasteiger partial charge in [-0.25, -0.2) is 0 Å². The maximum Gasteiger partial charge on any atom is 0.00696 e. The Morgan fingerprint density at radius 2 is 1.89 bits per heavy atom. The van der Waals surface area contributed by atoms with E-state index >= 15 is 0 Å². The monoisotopic (exact) mass is 285 g/mol. The Hall–Kier alpha value is 0.310. The summed E-state index contributed by atoms with van der Waals surface area (Å²) in [5.74, 6) is 3.48. The minimum absolute atomic E-state index is 0.498. The van der Waals surface area contributed by atoms with Gasteiger partial charge in [-0.1, -0.05) is 34.1 Å². The van der Waals surface area contributed by atoms with Crippen LogP contribution in [0.15, 0.2) is 0 Å². The van der Waals surface area contributed by atoms with Crippen molar-refractivity contribution < 1.29 is 0 Å². The summed E-state index contributed by atoms with van der Waals surface area (Å²) in [6, 6.07) is 1.46. The van der Waals surface area contributed by atoms with Crippen LogP contribution in [0.3, 0.4) is 0 Å². The third-order valence-electron chi connectivity index (χ3n) is 4.61. The fraction of sp³-hybridized carbons (Fsp3) is 1.00. The SMILES string of the molecule is CCSCCC(C)NC1CCCC(C(C)(C)C)CC1. The van der Waals surface area contributed by atoms with Crippen molar-refractivity contribution in [2.75, 3.05) is 11.5 Å². The van der Waals surface area contributed by atoms with Crippen LogP contribution in [0.25, 0.3) is 0 Å². The topological polar surface area (TPSA) is 12.0 Å². The molecule has 2 heteroatoms. The van der Waals surface area contributed by atoms with Crippen LogP contribution in [-0.2, 0) is 0 Å². The van der Waals surface area contributed by atoms with E-state index in [1.54, 1.807) is 0 Å². The van der Waals surface area contributed by atoms with Crippen LogP contribution in [0.5, 0.6) is 0 Å². The van der Waals surface area contributed by atoms with E-state index in [2.05, 4.69) is 51.7 Å². The number of hydrogen-bond donors (Lipinski definition) is 1. The zero-order valence-corrected chi connectivity index (χ0v) is 14.6. The highest BCUT2D eigenvalue weighted by molar-refractivity contribution is 7.99. The average molecular weight is 286 g/mol. The molecule has 19 heavy (non-hydrogen) atoms. The Labute approximate surface area is 125 Å². The summed E-state index contributed by atoms with van der Waals surface area (Å²) in [4.78, 5) is 0. The van der Waals surface area contributed by atoms with Crippen molar-refractivity contribution in [2.45, 2.75) is 85.2 Å². The lowest BCUT2D eigenvalue weighted by Gasteiger charge is -2.30. The highest BCUT2D eigenvalue weighted by Gasteiger charge is 2.27. The molecule has 0 heterocycles. The standard InChI is InChI=1S/C17H35NS/c1-6-19-13-12-14(2)18-16-9-7-8-15(10-11-16)17(3,4)5/h14-16,18H,6-13H2,1-5H3. The Morgan fingerprint density at radius 3 is 2.53 bits per heavy atom. The van der Waals surface area contributed by atoms with E-state index in [4.69, 9.17) is 0 Å². The van der Waals surface area contributed by atoms with Crippen molar-refractivity contribution in [3.8, 4) is 0 Å². The molecule has 0 saturated heterocycles. The van der Waals surface area contributed by atoms with Crippen molar-refractivity contribution in [3.05, 3.63) is 0 Å². The number of nitrogens with one attached hydrogen (secondary N) is 1. The first kappa shape index (κ1) is 17.4. The minimum atomic E-state index is 0.498. The van der Waals surface area contributed by atoms with E-state index in [9.17, 15) is 0 Å². The van der Waals surface area contributed by atoms with Gasteiger partial charge >= 0.3 is 0 Å². The first-order valence-corrected chi connectivity index (χ1v) is 9.42. The molecule has 0 bridgehead atoms. The largest absolute Gasteiger partial charge is 0.311 e. The maximum absolute atomic E-state index is 3.88. The van der Waals surface area contributed by atoms with Crippen LogP contribution < -0.4 is 5.32 Å². The molecule has 0 aliphatic heterocycles. The molecule has 3 unspecified atom stereocenters. The predicted octanol–water partition coefficient (Wildman–Crippen LogP) is 5.10. The van der Waals surface area contributed by atoms with Gasteiger partial charge < -0.3 is 5.32 Å². The molecule has 1 fully saturated rings. The molecule has 1 rings (SSSR count). The van der Waals surface area contributed by atoms with Gasteiger partial charge in [0.05, 0.1) is 0 Å². The van der Waals surface area contributed by atoms with Crippen molar-refractivity contribution in [3.63, 3.8) is 0 Å². The second-order valence-electron chi connectivity index (χ2n) is 7.32. The molecule has 1 saturated carbocycles. The summed E-state index contributed by atoms with van der Waals surface area (Å²) in [6.45, 7) is 11.9. The zero-order chi connectivity index (χ0) is 14.3. The third-order valence-corrected chi connectivity index (χ3v) is 5.55. The Kier molecular flexibility index (Phi) is 7.83. The highest BCUT2D eigenvalue weighted by Crippen LogP contribution is 2.36. The molecule has 0 spiro atoms. The van der Waals surface area contributed by atoms with Gasteiger partial charge in [-0.05, 0) is 61.9 Å². The quantitative estimate of drug-likeness (QED) is 0.538. The van der Waals surface area contributed by atoms with Gasteiger partial charge in [-0.2, -0.15) is 11.8 Å². The van der Waals surface area contributed by atoms with Gasteiger partial charge in [-0.3, -0.25) is 0 Å². The van der Waals surface area contributed by atoms with Crippen molar-refractivity contribution >= 4 is 11.8 Å². The molecule has 0 radical (unpaired) electrons. The molecule has 1 nitrogen and oxygen atoms in total. The molecule has 0 amide bonds. The lowest BCUT2D eigenvalue weighted by molar-refractivity contribution is 0.213. The van der Waals surface area contributed by atoms with Crippen molar-refractivity contribution in [1.82, 2.24) is 5.32 Å². The summed E-state index contributed by atoms with van der Waals surface area (Å²) < 4.78 is 0. The summed E-state index contributed by atoms with van der Waals surface area (Å²) in [5.41, 5.74) is 0.498. The van der Waals surface area contributed by atoms with E-state index in [0.717, 1.165) is 12.0 Å². The van der Waals surface area contributed by atoms with E-state index < -0.39 is 0 Å². The molecule has 0 aromatic rings. The van der Waals surface area contributed by atoms with Crippen LogP contribution in [0.1, 0.15) is 73.1 Å². The number of rotatable bonds is 6. The number of thioether (sulfide) groups is 1. The van der Waals surface area contributed by atoms with E-state index in [1.165, 1.54) is 50.0 Å². The summed E-state index contributed by atoms with van der Waals surface area (Å²) in [7, 11) is 0. The highest BCUT2D eigenvalue weighted by atomic mass is 32.2. The Morgan fingerprint density at radius 1 is 1.16 bits per heavy atom. The minimum Gasteiger partial charge on any atom is -0.311 e. The van der Waals surface area contributed by atoms with Gasteiger partial charge in [0.2, 0.25) is 0 Å². The molecule has 0 aromatic carbocycles. The van der Waals surface area contributed by atoms with Gasteiger partial charge in [-0.15, -0.1) is 0 Å². The molecule has 0 aromatic heterocycles. The molecule has 1 N–H and O–H groups in total.